The van der Waals surface area contributed by atoms with Gasteiger partial charge in [-0.3, -0.25) is 14.6 Å². The van der Waals surface area contributed by atoms with E-state index in [0.717, 1.165) is 17.7 Å². The van der Waals surface area contributed by atoms with Gasteiger partial charge < -0.3 is 14.2 Å². The standard InChI is InChI=1S/C17H21N3O4S/c21-15-3-7-19(17(23)18-15)8-4-16(22)20(12-14-2-1-11-25-14)13-5-9-24-10-6-13/h1-3,7,11,13H,4-6,8-10,12H2,(H,18,21,23). The second-order valence-corrected chi connectivity index (χ2v) is 7.03. The van der Waals surface area contributed by atoms with E-state index < -0.39 is 11.2 Å². The molecule has 0 radical (unpaired) electrons. The molecule has 2 aromatic heterocycles. The number of carbonyl (C=O) groups excluding carboxylic acids is 1. The van der Waals surface area contributed by atoms with Crippen LogP contribution >= 0.6 is 11.3 Å². The summed E-state index contributed by atoms with van der Waals surface area (Å²) in [7, 11) is 0. The van der Waals surface area contributed by atoms with Crippen molar-refractivity contribution >= 4 is 17.2 Å². The Bertz CT molecular complexity index is 806. The van der Waals surface area contributed by atoms with Crippen LogP contribution in [-0.4, -0.2) is 39.6 Å². The number of nitrogens with one attached hydrogen (secondary N) is 1. The highest BCUT2D eigenvalue weighted by atomic mass is 32.1. The molecule has 0 aliphatic carbocycles. The molecular weight excluding hydrogens is 342 g/mol. The van der Waals surface area contributed by atoms with Crippen LogP contribution in [0.3, 0.4) is 0 Å². The van der Waals surface area contributed by atoms with Gasteiger partial charge in [-0.15, -0.1) is 11.3 Å². The number of aromatic amines is 1. The molecule has 1 aliphatic heterocycles. The molecule has 0 atom stereocenters. The predicted octanol–water partition coefficient (Wildman–Crippen LogP) is 1.20. The van der Waals surface area contributed by atoms with E-state index >= 15 is 0 Å². The minimum atomic E-state index is -0.490. The summed E-state index contributed by atoms with van der Waals surface area (Å²) in [6, 6.07) is 5.45. The molecule has 3 rings (SSSR count). The number of H-pyrrole nitrogens is 1. The van der Waals surface area contributed by atoms with Crippen molar-refractivity contribution in [1.29, 1.82) is 0 Å². The molecule has 0 aromatic carbocycles. The van der Waals surface area contributed by atoms with Gasteiger partial charge in [0.15, 0.2) is 0 Å². The molecule has 134 valence electrons. The lowest BCUT2D eigenvalue weighted by Crippen LogP contribution is -2.43. The molecule has 1 fully saturated rings. The van der Waals surface area contributed by atoms with Crippen LogP contribution in [0.1, 0.15) is 24.1 Å². The molecule has 7 nitrogen and oxygen atoms in total. The highest BCUT2D eigenvalue weighted by Crippen LogP contribution is 2.21. The average molecular weight is 363 g/mol. The van der Waals surface area contributed by atoms with Crippen LogP contribution in [0, 0.1) is 0 Å². The summed E-state index contributed by atoms with van der Waals surface area (Å²) in [5.41, 5.74) is -0.926. The Kier molecular flexibility index (Phi) is 5.83. The van der Waals surface area contributed by atoms with Crippen molar-refractivity contribution in [2.24, 2.45) is 0 Å². The Morgan fingerprint density at radius 2 is 2.12 bits per heavy atom. The first-order valence-electron chi connectivity index (χ1n) is 8.33. The second kappa shape index (κ2) is 8.26. The first-order valence-corrected chi connectivity index (χ1v) is 9.21. The van der Waals surface area contributed by atoms with E-state index in [-0.39, 0.29) is 24.9 Å². The van der Waals surface area contributed by atoms with Crippen molar-refractivity contribution in [1.82, 2.24) is 14.5 Å². The zero-order valence-electron chi connectivity index (χ0n) is 13.8. The van der Waals surface area contributed by atoms with Gasteiger partial charge in [-0.05, 0) is 24.3 Å². The number of thiophene rings is 1. The molecule has 0 unspecified atom stereocenters. The average Bonchev–Trinajstić information content (AvgIpc) is 3.13. The number of aromatic nitrogens is 2. The number of hydrogen-bond acceptors (Lipinski definition) is 5. The fourth-order valence-corrected chi connectivity index (χ4v) is 3.67. The maximum Gasteiger partial charge on any atom is 0.328 e. The molecule has 3 heterocycles. The van der Waals surface area contributed by atoms with Crippen molar-refractivity contribution in [3.8, 4) is 0 Å². The monoisotopic (exact) mass is 363 g/mol. The van der Waals surface area contributed by atoms with Gasteiger partial charge in [-0.1, -0.05) is 6.07 Å². The van der Waals surface area contributed by atoms with Crippen molar-refractivity contribution in [3.05, 3.63) is 55.5 Å². The first kappa shape index (κ1) is 17.6. The van der Waals surface area contributed by atoms with Crippen molar-refractivity contribution in [2.45, 2.75) is 38.4 Å². The summed E-state index contributed by atoms with van der Waals surface area (Å²) in [6.07, 6.45) is 3.30. The van der Waals surface area contributed by atoms with Crippen LogP contribution in [0.15, 0.2) is 39.4 Å². The molecule has 1 aliphatic rings. The van der Waals surface area contributed by atoms with Crippen LogP contribution in [-0.2, 0) is 22.6 Å². The third-order valence-electron chi connectivity index (χ3n) is 4.32. The van der Waals surface area contributed by atoms with Gasteiger partial charge in [0.05, 0.1) is 6.54 Å². The van der Waals surface area contributed by atoms with E-state index in [1.54, 1.807) is 11.3 Å². The summed E-state index contributed by atoms with van der Waals surface area (Å²) in [6.45, 7) is 2.16. The molecular formula is C17H21N3O4S. The molecule has 8 heteroatoms. The van der Waals surface area contributed by atoms with Crippen LogP contribution in [0.2, 0.25) is 0 Å². The van der Waals surface area contributed by atoms with E-state index in [1.165, 1.54) is 16.8 Å². The molecule has 1 N–H and O–H groups in total. The Hall–Kier alpha value is -2.19. The Balaban J connectivity index is 1.69. The fourth-order valence-electron chi connectivity index (χ4n) is 2.97. The van der Waals surface area contributed by atoms with Crippen molar-refractivity contribution in [2.75, 3.05) is 13.2 Å². The van der Waals surface area contributed by atoms with Crippen LogP contribution < -0.4 is 11.2 Å². The summed E-state index contributed by atoms with van der Waals surface area (Å²) in [5.74, 6) is 0.0124. The lowest BCUT2D eigenvalue weighted by Gasteiger charge is -2.34. The fraction of sp³-hybridized carbons (Fsp3) is 0.471. The topological polar surface area (TPSA) is 84.4 Å². The Labute approximate surface area is 148 Å². The molecule has 2 aromatic rings. The van der Waals surface area contributed by atoms with Gasteiger partial charge in [-0.2, -0.15) is 0 Å². The number of amides is 1. The van der Waals surface area contributed by atoms with Gasteiger partial charge in [0.25, 0.3) is 5.56 Å². The van der Waals surface area contributed by atoms with Crippen LogP contribution in [0.4, 0.5) is 0 Å². The highest BCUT2D eigenvalue weighted by molar-refractivity contribution is 7.09. The maximum atomic E-state index is 12.8. The summed E-state index contributed by atoms with van der Waals surface area (Å²) in [5, 5.41) is 2.00. The second-order valence-electron chi connectivity index (χ2n) is 6.00. The smallest absolute Gasteiger partial charge is 0.328 e. The normalized spacial score (nSPS) is 15.2. The van der Waals surface area contributed by atoms with Gasteiger partial charge in [-0.25, -0.2) is 4.79 Å². The number of ether oxygens (including phenoxy) is 1. The minimum Gasteiger partial charge on any atom is -0.381 e. The summed E-state index contributed by atoms with van der Waals surface area (Å²) >= 11 is 1.63. The van der Waals surface area contributed by atoms with Gasteiger partial charge in [0.1, 0.15) is 0 Å². The van der Waals surface area contributed by atoms with E-state index in [0.29, 0.717) is 19.8 Å². The number of rotatable bonds is 6. The van der Waals surface area contributed by atoms with Crippen LogP contribution in [0.25, 0.3) is 0 Å². The quantitative estimate of drug-likeness (QED) is 0.836. The summed E-state index contributed by atoms with van der Waals surface area (Å²) in [4.78, 5) is 40.9. The van der Waals surface area contributed by atoms with E-state index in [2.05, 4.69) is 4.98 Å². The number of carbonyl (C=O) groups is 1. The molecule has 0 bridgehead atoms. The predicted molar refractivity (Wildman–Crippen MR) is 94.6 cm³/mol. The van der Waals surface area contributed by atoms with E-state index in [1.807, 2.05) is 22.4 Å². The number of aryl methyl sites for hydroxylation is 1. The minimum absolute atomic E-state index is 0.0124. The lowest BCUT2D eigenvalue weighted by molar-refractivity contribution is -0.136. The summed E-state index contributed by atoms with van der Waals surface area (Å²) < 4.78 is 6.76. The zero-order valence-corrected chi connectivity index (χ0v) is 14.7. The van der Waals surface area contributed by atoms with E-state index in [9.17, 15) is 14.4 Å². The van der Waals surface area contributed by atoms with Gasteiger partial charge in [0, 0.05) is 49.4 Å². The third kappa shape index (κ3) is 4.67. The number of nitrogens with zero attached hydrogens (tertiary/aromatic N) is 2. The lowest BCUT2D eigenvalue weighted by atomic mass is 10.1. The zero-order chi connectivity index (χ0) is 17.6. The van der Waals surface area contributed by atoms with Crippen molar-refractivity contribution in [3.63, 3.8) is 0 Å². The van der Waals surface area contributed by atoms with E-state index in [4.69, 9.17) is 4.74 Å². The van der Waals surface area contributed by atoms with Gasteiger partial charge >= 0.3 is 5.69 Å². The third-order valence-corrected chi connectivity index (χ3v) is 5.18. The molecule has 1 saturated heterocycles. The molecule has 0 spiro atoms. The maximum absolute atomic E-state index is 12.8. The largest absolute Gasteiger partial charge is 0.381 e. The molecule has 0 saturated carbocycles. The van der Waals surface area contributed by atoms with Crippen LogP contribution in [0.5, 0.6) is 0 Å². The Morgan fingerprint density at radius 3 is 2.80 bits per heavy atom. The first-order chi connectivity index (χ1) is 12.1. The van der Waals surface area contributed by atoms with Gasteiger partial charge in [0.2, 0.25) is 5.91 Å². The Morgan fingerprint density at radius 1 is 1.32 bits per heavy atom. The SMILES string of the molecule is O=C(CCn1ccc(=O)[nH]c1=O)N(Cc1cccs1)C1CCOCC1. The van der Waals surface area contributed by atoms with Crippen molar-refractivity contribution < 1.29 is 9.53 Å². The molecule has 1 amide bonds. The number of hydrogen-bond donors (Lipinski definition) is 1. The highest BCUT2D eigenvalue weighted by Gasteiger charge is 2.26. The molecule has 25 heavy (non-hydrogen) atoms.